The molecule has 0 saturated heterocycles. The SMILES string of the molecule is CC(=O)Nc1sc2c(c1C(N)=O)CCc1cccc(C(C)(C)C)c1-2. The summed E-state index contributed by atoms with van der Waals surface area (Å²) in [5.41, 5.74) is 10.8. The number of anilines is 1. The van der Waals surface area contributed by atoms with Gasteiger partial charge in [0.05, 0.1) is 5.56 Å². The highest BCUT2D eigenvalue weighted by Gasteiger charge is 2.31. The topological polar surface area (TPSA) is 72.2 Å². The lowest BCUT2D eigenvalue weighted by molar-refractivity contribution is -0.114. The van der Waals surface area contributed by atoms with E-state index in [2.05, 4.69) is 44.3 Å². The maximum atomic E-state index is 12.0. The summed E-state index contributed by atoms with van der Waals surface area (Å²) < 4.78 is 0. The lowest BCUT2D eigenvalue weighted by atomic mass is 9.78. The van der Waals surface area contributed by atoms with Gasteiger partial charge in [0, 0.05) is 11.8 Å². The first-order chi connectivity index (χ1) is 11.2. The Bertz CT molecular complexity index is 844. The van der Waals surface area contributed by atoms with Gasteiger partial charge in [-0.2, -0.15) is 0 Å². The van der Waals surface area contributed by atoms with Gasteiger partial charge in [-0.1, -0.05) is 39.0 Å². The van der Waals surface area contributed by atoms with E-state index < -0.39 is 5.91 Å². The number of rotatable bonds is 2. The van der Waals surface area contributed by atoms with Crippen molar-refractivity contribution in [1.82, 2.24) is 0 Å². The van der Waals surface area contributed by atoms with Gasteiger partial charge in [-0.15, -0.1) is 11.3 Å². The average molecular weight is 342 g/mol. The van der Waals surface area contributed by atoms with Crippen molar-refractivity contribution in [3.8, 4) is 10.4 Å². The first-order valence-corrected chi connectivity index (χ1v) is 8.87. The number of carbonyl (C=O) groups excluding carboxylic acids is 2. The summed E-state index contributed by atoms with van der Waals surface area (Å²) in [6.45, 7) is 8.01. The Morgan fingerprint density at radius 1 is 1.21 bits per heavy atom. The van der Waals surface area contributed by atoms with E-state index in [0.29, 0.717) is 10.6 Å². The van der Waals surface area contributed by atoms with Crippen molar-refractivity contribution in [2.24, 2.45) is 5.73 Å². The van der Waals surface area contributed by atoms with Gasteiger partial charge in [-0.05, 0) is 40.5 Å². The Hall–Kier alpha value is -2.14. The molecule has 1 aliphatic carbocycles. The Balaban J connectivity index is 2.30. The predicted molar refractivity (Wildman–Crippen MR) is 98.7 cm³/mol. The summed E-state index contributed by atoms with van der Waals surface area (Å²) in [6, 6.07) is 6.40. The van der Waals surface area contributed by atoms with Gasteiger partial charge in [0.2, 0.25) is 5.91 Å². The quantitative estimate of drug-likeness (QED) is 0.869. The van der Waals surface area contributed by atoms with E-state index in [-0.39, 0.29) is 11.3 Å². The van der Waals surface area contributed by atoms with Crippen LogP contribution >= 0.6 is 11.3 Å². The van der Waals surface area contributed by atoms with E-state index in [1.54, 1.807) is 0 Å². The average Bonchev–Trinajstić information content (AvgIpc) is 2.82. The summed E-state index contributed by atoms with van der Waals surface area (Å²) in [5.74, 6) is -0.673. The number of hydrogen-bond acceptors (Lipinski definition) is 3. The highest BCUT2D eigenvalue weighted by molar-refractivity contribution is 7.20. The minimum atomic E-state index is -0.479. The molecule has 3 rings (SSSR count). The maximum Gasteiger partial charge on any atom is 0.252 e. The van der Waals surface area contributed by atoms with Crippen molar-refractivity contribution in [2.75, 3.05) is 5.32 Å². The number of fused-ring (bicyclic) bond motifs is 3. The van der Waals surface area contributed by atoms with E-state index in [9.17, 15) is 9.59 Å². The molecule has 1 heterocycles. The summed E-state index contributed by atoms with van der Waals surface area (Å²) in [4.78, 5) is 24.6. The molecule has 0 radical (unpaired) electrons. The molecule has 1 aliphatic rings. The molecule has 2 amide bonds. The number of amides is 2. The molecule has 1 aromatic heterocycles. The molecule has 0 saturated carbocycles. The third-order valence-corrected chi connectivity index (χ3v) is 5.54. The standard InChI is InChI=1S/C19H22N2O2S/c1-10(22)21-18-15(17(20)23)12-9-8-11-6-5-7-13(19(2,3)4)14(11)16(12)24-18/h5-7H,8-9H2,1-4H3,(H2,20,23)(H,21,22). The van der Waals surface area contributed by atoms with Crippen molar-refractivity contribution in [3.63, 3.8) is 0 Å². The van der Waals surface area contributed by atoms with Gasteiger partial charge in [0.15, 0.2) is 0 Å². The molecule has 0 bridgehead atoms. The number of nitrogens with one attached hydrogen (secondary N) is 1. The molecule has 5 heteroatoms. The summed E-state index contributed by atoms with van der Waals surface area (Å²) in [6.07, 6.45) is 1.65. The lowest BCUT2D eigenvalue weighted by Crippen LogP contribution is -2.19. The van der Waals surface area contributed by atoms with Crippen molar-refractivity contribution >= 4 is 28.2 Å². The number of aryl methyl sites for hydroxylation is 1. The van der Waals surface area contributed by atoms with Crippen LogP contribution in [0.4, 0.5) is 5.00 Å². The van der Waals surface area contributed by atoms with Gasteiger partial charge >= 0.3 is 0 Å². The molecule has 126 valence electrons. The summed E-state index contributed by atoms with van der Waals surface area (Å²) in [5, 5.41) is 3.35. The van der Waals surface area contributed by atoms with Crippen molar-refractivity contribution in [2.45, 2.75) is 46.0 Å². The van der Waals surface area contributed by atoms with Crippen molar-refractivity contribution in [1.29, 1.82) is 0 Å². The van der Waals surface area contributed by atoms with Gasteiger partial charge in [-0.25, -0.2) is 0 Å². The van der Waals surface area contributed by atoms with Gasteiger partial charge in [-0.3, -0.25) is 9.59 Å². The van der Waals surface area contributed by atoms with Crippen LogP contribution in [0.5, 0.6) is 0 Å². The fraction of sp³-hybridized carbons (Fsp3) is 0.368. The van der Waals surface area contributed by atoms with Crippen LogP contribution in [0.15, 0.2) is 18.2 Å². The zero-order chi connectivity index (χ0) is 17.6. The van der Waals surface area contributed by atoms with Crippen LogP contribution in [0, 0.1) is 0 Å². The number of hydrogen-bond donors (Lipinski definition) is 2. The van der Waals surface area contributed by atoms with Crippen LogP contribution in [-0.2, 0) is 23.1 Å². The molecule has 0 spiro atoms. The molecule has 2 aromatic rings. The van der Waals surface area contributed by atoms with Gasteiger partial charge < -0.3 is 11.1 Å². The minimum Gasteiger partial charge on any atom is -0.365 e. The van der Waals surface area contributed by atoms with E-state index in [1.165, 1.54) is 35.0 Å². The minimum absolute atomic E-state index is 0.00893. The van der Waals surface area contributed by atoms with Gasteiger partial charge in [0.25, 0.3) is 5.91 Å². The van der Waals surface area contributed by atoms with E-state index in [4.69, 9.17) is 5.73 Å². The zero-order valence-electron chi connectivity index (χ0n) is 14.4. The number of thiophene rings is 1. The first kappa shape index (κ1) is 16.7. The highest BCUT2D eigenvalue weighted by atomic mass is 32.1. The summed E-state index contributed by atoms with van der Waals surface area (Å²) >= 11 is 1.46. The van der Waals surface area contributed by atoms with Crippen LogP contribution in [0.2, 0.25) is 0 Å². The second kappa shape index (κ2) is 5.74. The smallest absolute Gasteiger partial charge is 0.252 e. The zero-order valence-corrected chi connectivity index (χ0v) is 15.3. The maximum absolute atomic E-state index is 12.0. The van der Waals surface area contributed by atoms with Gasteiger partial charge in [0.1, 0.15) is 5.00 Å². The van der Waals surface area contributed by atoms with Crippen LogP contribution in [-0.4, -0.2) is 11.8 Å². The van der Waals surface area contributed by atoms with Crippen LogP contribution < -0.4 is 11.1 Å². The molecule has 3 N–H and O–H groups in total. The monoisotopic (exact) mass is 342 g/mol. The molecule has 0 aliphatic heterocycles. The van der Waals surface area contributed by atoms with Crippen molar-refractivity contribution < 1.29 is 9.59 Å². The van der Waals surface area contributed by atoms with Crippen LogP contribution in [0.25, 0.3) is 10.4 Å². The normalized spacial score (nSPS) is 13.2. The number of primary amides is 1. The molecular formula is C19H22N2O2S. The molecular weight excluding hydrogens is 320 g/mol. The molecule has 0 fully saturated rings. The molecule has 1 aromatic carbocycles. The fourth-order valence-corrected chi connectivity index (χ4v) is 4.77. The third-order valence-electron chi connectivity index (χ3n) is 4.37. The van der Waals surface area contributed by atoms with Crippen LogP contribution in [0.1, 0.15) is 54.7 Å². The van der Waals surface area contributed by atoms with E-state index in [0.717, 1.165) is 23.3 Å². The second-order valence-corrected chi connectivity index (χ2v) is 8.27. The van der Waals surface area contributed by atoms with E-state index >= 15 is 0 Å². The lowest BCUT2D eigenvalue weighted by Gasteiger charge is -2.27. The molecule has 4 nitrogen and oxygen atoms in total. The first-order valence-electron chi connectivity index (χ1n) is 8.06. The Labute approximate surface area is 146 Å². The fourth-order valence-electron chi connectivity index (χ4n) is 3.38. The molecule has 0 atom stereocenters. The Morgan fingerprint density at radius 2 is 1.92 bits per heavy atom. The Kier molecular flexibility index (Phi) is 4.00. The molecule has 24 heavy (non-hydrogen) atoms. The van der Waals surface area contributed by atoms with E-state index in [1.807, 2.05) is 0 Å². The Morgan fingerprint density at radius 3 is 2.50 bits per heavy atom. The number of carbonyl (C=O) groups is 2. The molecule has 0 unspecified atom stereocenters. The van der Waals surface area contributed by atoms with Crippen LogP contribution in [0.3, 0.4) is 0 Å². The number of benzene rings is 1. The largest absolute Gasteiger partial charge is 0.365 e. The summed E-state index contributed by atoms with van der Waals surface area (Å²) in [7, 11) is 0. The van der Waals surface area contributed by atoms with Crippen molar-refractivity contribution in [3.05, 3.63) is 40.5 Å². The highest BCUT2D eigenvalue weighted by Crippen LogP contribution is 2.48. The number of nitrogens with two attached hydrogens (primary N) is 1. The third kappa shape index (κ3) is 2.73. The predicted octanol–water partition coefficient (Wildman–Crippen LogP) is 3.87. The second-order valence-electron chi connectivity index (χ2n) is 7.25.